The topological polar surface area (TPSA) is 117 Å². The van der Waals surface area contributed by atoms with Crippen LogP contribution in [0, 0.1) is 0 Å². The van der Waals surface area contributed by atoms with Crippen molar-refractivity contribution in [1.82, 2.24) is 30.1 Å². The first kappa shape index (κ1) is 27.1. The van der Waals surface area contributed by atoms with E-state index < -0.39 is 0 Å². The number of nitrogens with one attached hydrogen (secondary N) is 1. The molecule has 0 saturated heterocycles. The van der Waals surface area contributed by atoms with Gasteiger partial charge in [0.15, 0.2) is 17.3 Å². The Morgan fingerprint density at radius 2 is 1.71 bits per heavy atom. The molecule has 11 heteroatoms. The molecule has 0 aliphatic carbocycles. The summed E-state index contributed by atoms with van der Waals surface area (Å²) in [5, 5.41) is 13.3. The van der Waals surface area contributed by atoms with Crippen molar-refractivity contribution in [3.05, 3.63) is 69.8 Å². The Labute approximate surface area is 221 Å². The lowest BCUT2D eigenvalue weighted by Crippen LogP contribution is -2.32. The molecule has 0 bridgehead atoms. The Morgan fingerprint density at radius 3 is 2.37 bits per heavy atom. The number of methoxy groups -OCH3 is 4. The van der Waals surface area contributed by atoms with E-state index in [4.69, 9.17) is 18.9 Å². The summed E-state index contributed by atoms with van der Waals surface area (Å²) in [4.78, 5) is 18.5. The second-order valence-electron chi connectivity index (χ2n) is 8.85. The van der Waals surface area contributed by atoms with Crippen LogP contribution in [0.4, 0.5) is 0 Å². The first-order chi connectivity index (χ1) is 18.5. The molecule has 38 heavy (non-hydrogen) atoms. The van der Waals surface area contributed by atoms with Crippen LogP contribution in [0.1, 0.15) is 36.3 Å². The highest BCUT2D eigenvalue weighted by Crippen LogP contribution is 2.32. The number of benzene rings is 2. The normalized spacial score (nSPS) is 12.2. The quantitative estimate of drug-likeness (QED) is 0.282. The van der Waals surface area contributed by atoms with Gasteiger partial charge >= 0.3 is 0 Å². The van der Waals surface area contributed by atoms with Crippen LogP contribution in [0.5, 0.6) is 17.2 Å². The van der Waals surface area contributed by atoms with E-state index in [1.807, 2.05) is 36.4 Å². The summed E-state index contributed by atoms with van der Waals surface area (Å²) >= 11 is 0. The molecular weight excluding hydrogens is 488 g/mol. The van der Waals surface area contributed by atoms with Gasteiger partial charge < -0.3 is 23.9 Å². The minimum Gasteiger partial charge on any atom is -0.497 e. The molecule has 0 spiro atoms. The summed E-state index contributed by atoms with van der Waals surface area (Å²) in [5.74, 6) is 2.66. The van der Waals surface area contributed by atoms with E-state index in [1.54, 1.807) is 39.2 Å². The Morgan fingerprint density at radius 1 is 0.974 bits per heavy atom. The maximum atomic E-state index is 13.2. The van der Waals surface area contributed by atoms with Crippen molar-refractivity contribution in [1.29, 1.82) is 0 Å². The lowest BCUT2D eigenvalue weighted by molar-refractivity contribution is 0.151. The van der Waals surface area contributed by atoms with E-state index in [0.717, 1.165) is 28.9 Å². The molecule has 1 atom stereocenters. The molecule has 2 aromatic heterocycles. The third kappa shape index (κ3) is 5.95. The van der Waals surface area contributed by atoms with Crippen molar-refractivity contribution in [2.45, 2.75) is 39.0 Å². The zero-order chi connectivity index (χ0) is 27.1. The van der Waals surface area contributed by atoms with Gasteiger partial charge in [-0.05, 0) is 46.7 Å². The van der Waals surface area contributed by atoms with Gasteiger partial charge in [0.05, 0.1) is 46.0 Å². The lowest BCUT2D eigenvalue weighted by atomic mass is 10.1. The summed E-state index contributed by atoms with van der Waals surface area (Å²) in [6, 6.07) is 13.3. The second-order valence-corrected chi connectivity index (χ2v) is 8.85. The highest BCUT2D eigenvalue weighted by atomic mass is 16.5. The molecule has 0 aliphatic rings. The fraction of sp³-hybridized carbons (Fsp3) is 0.407. The lowest BCUT2D eigenvalue weighted by Gasteiger charge is -2.30. The zero-order valence-corrected chi connectivity index (χ0v) is 22.4. The number of rotatable bonds is 13. The van der Waals surface area contributed by atoms with Gasteiger partial charge in [0, 0.05) is 37.2 Å². The van der Waals surface area contributed by atoms with Gasteiger partial charge in [0.2, 0.25) is 0 Å². The summed E-state index contributed by atoms with van der Waals surface area (Å²) in [7, 11) is 6.45. The second kappa shape index (κ2) is 12.5. The predicted octanol–water partition coefficient (Wildman–Crippen LogP) is 3.34. The number of aromatic nitrogens is 5. The van der Waals surface area contributed by atoms with Crippen LogP contribution in [0.25, 0.3) is 10.9 Å². The number of H-pyrrole nitrogens is 1. The van der Waals surface area contributed by atoms with Crippen LogP contribution in [0.2, 0.25) is 0 Å². The molecule has 0 saturated carbocycles. The van der Waals surface area contributed by atoms with E-state index in [0.29, 0.717) is 48.8 Å². The minimum atomic E-state index is -0.168. The number of ether oxygens (including phenoxy) is 4. The fourth-order valence-corrected chi connectivity index (χ4v) is 4.55. The van der Waals surface area contributed by atoms with Crippen LogP contribution in [-0.4, -0.2) is 65.1 Å². The van der Waals surface area contributed by atoms with E-state index in [9.17, 15) is 4.79 Å². The van der Waals surface area contributed by atoms with E-state index in [1.165, 1.54) is 0 Å². The van der Waals surface area contributed by atoms with Crippen LogP contribution in [-0.2, 0) is 24.4 Å². The highest BCUT2D eigenvalue weighted by molar-refractivity contribution is 5.83. The van der Waals surface area contributed by atoms with Gasteiger partial charge in [0.25, 0.3) is 5.56 Å². The number of tetrazole rings is 1. The van der Waals surface area contributed by atoms with Gasteiger partial charge in [-0.3, -0.25) is 9.69 Å². The summed E-state index contributed by atoms with van der Waals surface area (Å²) in [6.45, 7) is 4.06. The maximum Gasteiger partial charge on any atom is 0.252 e. The Balaban J connectivity index is 1.74. The SMILES string of the molecule is CC[C@H](c1nnnn1CCOC)N(Cc1ccc(OC)cc1)Cc1cc2cc(OC)c(OC)cc2[nH]c1=O. The Bertz CT molecular complexity index is 1400. The number of nitrogens with zero attached hydrogens (tertiary/aromatic N) is 5. The smallest absolute Gasteiger partial charge is 0.252 e. The average Bonchev–Trinajstić information content (AvgIpc) is 3.40. The molecular formula is C27H34N6O5. The summed E-state index contributed by atoms with van der Waals surface area (Å²) in [6.07, 6.45) is 0.736. The standard InChI is InChI=1S/C27H34N6O5/c1-6-23(26-29-30-31-33(26)11-12-35-2)32(16-18-7-9-21(36-3)10-8-18)17-20-13-19-14-24(37-4)25(38-5)15-22(19)28-27(20)34/h7-10,13-15,23H,6,11-12,16-17H2,1-5H3,(H,28,34)/t23-/m1/s1. The van der Waals surface area contributed by atoms with Crippen molar-refractivity contribution in [3.63, 3.8) is 0 Å². The van der Waals surface area contributed by atoms with E-state index in [2.05, 4.69) is 32.3 Å². The molecule has 0 aliphatic heterocycles. The van der Waals surface area contributed by atoms with E-state index >= 15 is 0 Å². The molecule has 4 rings (SSSR count). The number of pyridine rings is 1. The van der Waals surface area contributed by atoms with Crippen LogP contribution < -0.4 is 19.8 Å². The van der Waals surface area contributed by atoms with Crippen LogP contribution in [0.15, 0.2) is 47.3 Å². The number of hydrogen-bond acceptors (Lipinski definition) is 9. The number of hydrogen-bond donors (Lipinski definition) is 1. The molecule has 1 N–H and O–H groups in total. The first-order valence-corrected chi connectivity index (χ1v) is 12.4. The Kier molecular flexibility index (Phi) is 8.93. The highest BCUT2D eigenvalue weighted by Gasteiger charge is 2.26. The molecule has 2 aromatic carbocycles. The van der Waals surface area contributed by atoms with Gasteiger partial charge in [-0.15, -0.1) is 5.10 Å². The van der Waals surface area contributed by atoms with Gasteiger partial charge in [0.1, 0.15) is 5.75 Å². The van der Waals surface area contributed by atoms with Crippen LogP contribution >= 0.6 is 0 Å². The number of fused-ring (bicyclic) bond motifs is 1. The zero-order valence-electron chi connectivity index (χ0n) is 22.4. The third-order valence-electron chi connectivity index (χ3n) is 6.54. The van der Waals surface area contributed by atoms with Crippen molar-refractivity contribution < 1.29 is 18.9 Å². The molecule has 11 nitrogen and oxygen atoms in total. The first-order valence-electron chi connectivity index (χ1n) is 12.4. The van der Waals surface area contributed by atoms with E-state index in [-0.39, 0.29) is 11.6 Å². The van der Waals surface area contributed by atoms with Crippen molar-refractivity contribution in [2.24, 2.45) is 0 Å². The van der Waals surface area contributed by atoms with Crippen molar-refractivity contribution in [3.8, 4) is 17.2 Å². The predicted molar refractivity (Wildman–Crippen MR) is 143 cm³/mol. The monoisotopic (exact) mass is 522 g/mol. The molecule has 0 radical (unpaired) electrons. The van der Waals surface area contributed by atoms with Gasteiger partial charge in [-0.2, -0.15) is 0 Å². The number of aromatic amines is 1. The van der Waals surface area contributed by atoms with Gasteiger partial charge in [-0.1, -0.05) is 19.1 Å². The summed E-state index contributed by atoms with van der Waals surface area (Å²) in [5.41, 5.74) is 2.20. The molecule has 0 fully saturated rings. The minimum absolute atomic E-state index is 0.149. The third-order valence-corrected chi connectivity index (χ3v) is 6.54. The average molecular weight is 523 g/mol. The largest absolute Gasteiger partial charge is 0.497 e. The van der Waals surface area contributed by atoms with Gasteiger partial charge in [-0.25, -0.2) is 4.68 Å². The molecule has 0 unspecified atom stereocenters. The van der Waals surface area contributed by atoms with Crippen molar-refractivity contribution in [2.75, 3.05) is 35.0 Å². The van der Waals surface area contributed by atoms with Crippen LogP contribution in [0.3, 0.4) is 0 Å². The Hall–Kier alpha value is -3.96. The fourth-order valence-electron chi connectivity index (χ4n) is 4.55. The maximum absolute atomic E-state index is 13.2. The molecule has 2 heterocycles. The molecule has 4 aromatic rings. The molecule has 202 valence electrons. The molecule has 0 amide bonds. The van der Waals surface area contributed by atoms with Crippen molar-refractivity contribution >= 4 is 10.9 Å². The summed E-state index contributed by atoms with van der Waals surface area (Å²) < 4.78 is 23.2.